The third-order valence-corrected chi connectivity index (χ3v) is 3.37. The standard InChI is InChI=1S/C11H9I2NO3/c1-2-16-10(15)6-17-11-8(12)3-7(5-14)4-9(11)13/h3-4H,2,6H2,1H3. The van der Waals surface area contributed by atoms with E-state index < -0.39 is 5.97 Å². The molecule has 0 N–H and O–H groups in total. The Morgan fingerprint density at radius 2 is 2.00 bits per heavy atom. The van der Waals surface area contributed by atoms with E-state index in [0.29, 0.717) is 17.9 Å². The van der Waals surface area contributed by atoms with Crippen LogP contribution in [0.15, 0.2) is 12.1 Å². The van der Waals surface area contributed by atoms with Gasteiger partial charge >= 0.3 is 5.97 Å². The van der Waals surface area contributed by atoms with Gasteiger partial charge in [-0.25, -0.2) is 4.79 Å². The van der Waals surface area contributed by atoms with E-state index in [1.54, 1.807) is 19.1 Å². The monoisotopic (exact) mass is 457 g/mol. The predicted molar refractivity (Wildman–Crippen MR) is 78.7 cm³/mol. The van der Waals surface area contributed by atoms with E-state index in [1.165, 1.54) is 0 Å². The summed E-state index contributed by atoms with van der Waals surface area (Å²) < 4.78 is 11.8. The highest BCUT2D eigenvalue weighted by molar-refractivity contribution is 14.1. The molecular weight excluding hydrogens is 448 g/mol. The Hall–Kier alpha value is -0.560. The normalized spacial score (nSPS) is 9.53. The molecule has 0 spiro atoms. The van der Waals surface area contributed by atoms with Crippen LogP contribution in [0.25, 0.3) is 0 Å². The van der Waals surface area contributed by atoms with Gasteiger partial charge in [0.25, 0.3) is 0 Å². The third-order valence-electron chi connectivity index (χ3n) is 1.77. The largest absolute Gasteiger partial charge is 0.480 e. The lowest BCUT2D eigenvalue weighted by atomic mass is 10.2. The van der Waals surface area contributed by atoms with Crippen LogP contribution in [0.5, 0.6) is 5.75 Å². The molecule has 0 aromatic heterocycles. The number of ether oxygens (including phenoxy) is 2. The molecule has 0 unspecified atom stereocenters. The minimum Gasteiger partial charge on any atom is -0.480 e. The molecule has 90 valence electrons. The maximum atomic E-state index is 11.2. The summed E-state index contributed by atoms with van der Waals surface area (Å²) in [6.07, 6.45) is 0. The molecule has 0 aliphatic carbocycles. The average Bonchev–Trinajstić information content (AvgIpc) is 2.28. The van der Waals surface area contributed by atoms with E-state index in [-0.39, 0.29) is 6.61 Å². The van der Waals surface area contributed by atoms with Crippen molar-refractivity contribution in [3.05, 3.63) is 24.8 Å². The maximum Gasteiger partial charge on any atom is 0.344 e. The molecule has 0 aliphatic rings. The van der Waals surface area contributed by atoms with Gasteiger partial charge in [-0.3, -0.25) is 0 Å². The van der Waals surface area contributed by atoms with E-state index in [4.69, 9.17) is 14.7 Å². The fourth-order valence-corrected chi connectivity index (χ4v) is 3.18. The molecule has 0 aliphatic heterocycles. The van der Waals surface area contributed by atoms with Crippen molar-refractivity contribution in [1.29, 1.82) is 5.26 Å². The number of rotatable bonds is 4. The maximum absolute atomic E-state index is 11.2. The summed E-state index contributed by atoms with van der Waals surface area (Å²) in [6.45, 7) is 1.96. The molecule has 1 aromatic carbocycles. The number of hydrogen-bond acceptors (Lipinski definition) is 4. The first-order valence-electron chi connectivity index (χ1n) is 4.76. The highest BCUT2D eigenvalue weighted by atomic mass is 127. The summed E-state index contributed by atoms with van der Waals surface area (Å²) in [6, 6.07) is 5.49. The van der Waals surface area contributed by atoms with Crippen LogP contribution in [0.1, 0.15) is 12.5 Å². The van der Waals surface area contributed by atoms with Crippen LogP contribution >= 0.6 is 45.2 Å². The summed E-state index contributed by atoms with van der Waals surface area (Å²) in [5.41, 5.74) is 0.572. The molecule has 0 saturated carbocycles. The second-order valence-corrected chi connectivity index (χ2v) is 5.30. The van der Waals surface area contributed by atoms with E-state index >= 15 is 0 Å². The molecule has 1 aromatic rings. The topological polar surface area (TPSA) is 59.3 Å². The van der Waals surface area contributed by atoms with Crippen molar-refractivity contribution in [2.24, 2.45) is 0 Å². The number of carbonyl (C=O) groups is 1. The van der Waals surface area contributed by atoms with Gasteiger partial charge in [-0.15, -0.1) is 0 Å². The lowest BCUT2D eigenvalue weighted by molar-refractivity contribution is -0.145. The molecule has 0 atom stereocenters. The van der Waals surface area contributed by atoms with Gasteiger partial charge in [-0.1, -0.05) is 0 Å². The molecule has 0 bridgehead atoms. The minimum absolute atomic E-state index is 0.119. The van der Waals surface area contributed by atoms with Crippen molar-refractivity contribution in [3.8, 4) is 11.8 Å². The molecule has 0 heterocycles. The van der Waals surface area contributed by atoms with Crippen molar-refractivity contribution in [2.75, 3.05) is 13.2 Å². The van der Waals surface area contributed by atoms with Crippen molar-refractivity contribution < 1.29 is 14.3 Å². The summed E-state index contributed by atoms with van der Waals surface area (Å²) in [5, 5.41) is 8.79. The molecule has 1 rings (SSSR count). The molecular formula is C11H9I2NO3. The van der Waals surface area contributed by atoms with Crippen LogP contribution in [-0.2, 0) is 9.53 Å². The zero-order valence-corrected chi connectivity index (χ0v) is 13.3. The smallest absolute Gasteiger partial charge is 0.344 e. The first-order valence-corrected chi connectivity index (χ1v) is 6.91. The van der Waals surface area contributed by atoms with E-state index in [1.807, 2.05) is 0 Å². The Balaban J connectivity index is 2.79. The summed E-state index contributed by atoms with van der Waals surface area (Å²) >= 11 is 4.14. The highest BCUT2D eigenvalue weighted by Crippen LogP contribution is 2.28. The molecule has 17 heavy (non-hydrogen) atoms. The highest BCUT2D eigenvalue weighted by Gasteiger charge is 2.11. The fourth-order valence-electron chi connectivity index (χ4n) is 1.10. The lowest BCUT2D eigenvalue weighted by Gasteiger charge is -2.10. The van der Waals surface area contributed by atoms with E-state index in [9.17, 15) is 4.79 Å². The van der Waals surface area contributed by atoms with E-state index in [0.717, 1.165) is 7.14 Å². The van der Waals surface area contributed by atoms with Gasteiger partial charge in [0, 0.05) is 0 Å². The molecule has 0 radical (unpaired) electrons. The Labute approximate surface area is 127 Å². The summed E-state index contributed by atoms with van der Waals surface area (Å²) in [4.78, 5) is 11.2. The first-order chi connectivity index (χ1) is 8.08. The minimum atomic E-state index is -0.400. The number of hydrogen-bond donors (Lipinski definition) is 0. The van der Waals surface area contributed by atoms with Crippen LogP contribution in [0.2, 0.25) is 0 Å². The number of esters is 1. The van der Waals surface area contributed by atoms with Gasteiger partial charge in [0.05, 0.1) is 25.4 Å². The SMILES string of the molecule is CCOC(=O)COc1c(I)cc(C#N)cc1I. The van der Waals surface area contributed by atoms with Crippen LogP contribution in [0.4, 0.5) is 0 Å². The predicted octanol–water partition coefficient (Wildman–Crippen LogP) is 2.71. The summed E-state index contributed by atoms with van der Waals surface area (Å²) in [7, 11) is 0. The Bertz CT molecular complexity index is 445. The van der Waals surface area contributed by atoms with Gasteiger partial charge in [-0.2, -0.15) is 5.26 Å². The number of nitrogens with zero attached hydrogens (tertiary/aromatic N) is 1. The van der Waals surface area contributed by atoms with Gasteiger partial charge in [0.2, 0.25) is 0 Å². The fraction of sp³-hybridized carbons (Fsp3) is 0.273. The molecule has 6 heteroatoms. The number of halogens is 2. The number of nitriles is 1. The second-order valence-electron chi connectivity index (χ2n) is 2.97. The molecule has 4 nitrogen and oxygen atoms in total. The molecule has 0 amide bonds. The third kappa shape index (κ3) is 4.31. The molecule has 0 saturated heterocycles. The number of benzene rings is 1. The summed E-state index contributed by atoms with van der Waals surface area (Å²) in [5.74, 6) is 0.210. The van der Waals surface area contributed by atoms with Gasteiger partial charge < -0.3 is 9.47 Å². The van der Waals surface area contributed by atoms with Crippen LogP contribution in [0, 0.1) is 18.5 Å². The van der Waals surface area contributed by atoms with Crippen LogP contribution in [0.3, 0.4) is 0 Å². The quantitative estimate of drug-likeness (QED) is 0.516. The van der Waals surface area contributed by atoms with Gasteiger partial charge in [0.15, 0.2) is 6.61 Å². The van der Waals surface area contributed by atoms with Gasteiger partial charge in [-0.05, 0) is 64.2 Å². The first kappa shape index (κ1) is 14.5. The van der Waals surface area contributed by atoms with Crippen molar-refractivity contribution in [1.82, 2.24) is 0 Å². The number of carbonyl (C=O) groups excluding carboxylic acids is 1. The Morgan fingerprint density at radius 3 is 2.47 bits per heavy atom. The average molecular weight is 457 g/mol. The second kappa shape index (κ2) is 7.00. The van der Waals surface area contributed by atoms with Crippen LogP contribution < -0.4 is 4.74 Å². The Kier molecular flexibility index (Phi) is 5.97. The van der Waals surface area contributed by atoms with Crippen molar-refractivity contribution >= 4 is 51.2 Å². The lowest BCUT2D eigenvalue weighted by Crippen LogP contribution is -2.15. The van der Waals surface area contributed by atoms with Crippen molar-refractivity contribution in [2.45, 2.75) is 6.92 Å². The van der Waals surface area contributed by atoms with E-state index in [2.05, 4.69) is 51.3 Å². The van der Waals surface area contributed by atoms with Crippen LogP contribution in [-0.4, -0.2) is 19.2 Å². The zero-order valence-electron chi connectivity index (χ0n) is 9.00. The Morgan fingerprint density at radius 1 is 1.41 bits per heavy atom. The molecule has 0 fully saturated rings. The zero-order chi connectivity index (χ0) is 12.8. The van der Waals surface area contributed by atoms with Crippen molar-refractivity contribution in [3.63, 3.8) is 0 Å². The van der Waals surface area contributed by atoms with Gasteiger partial charge in [0.1, 0.15) is 5.75 Å².